The van der Waals surface area contributed by atoms with Gasteiger partial charge < -0.3 is 9.47 Å². The molecule has 22 heavy (non-hydrogen) atoms. The average Bonchev–Trinajstić information content (AvgIpc) is 2.54. The van der Waals surface area contributed by atoms with Crippen LogP contribution >= 0.6 is 0 Å². The van der Waals surface area contributed by atoms with Gasteiger partial charge in [0.2, 0.25) is 0 Å². The molecule has 0 fully saturated rings. The Morgan fingerprint density at radius 3 is 2.00 bits per heavy atom. The molecule has 0 aliphatic rings. The molecule has 0 spiro atoms. The SMILES string of the molecule is COc1cc(C(=O)/C=C/c2ccc(C)cc2)cc(OC)c1C. The number of allylic oxidation sites excluding steroid dienone is 1. The predicted octanol–water partition coefficient (Wildman–Crippen LogP) is 4.22. The molecule has 0 N–H and O–H groups in total. The molecule has 2 aromatic carbocycles. The lowest BCUT2D eigenvalue weighted by Crippen LogP contribution is -1.99. The van der Waals surface area contributed by atoms with Crippen molar-refractivity contribution in [2.75, 3.05) is 14.2 Å². The smallest absolute Gasteiger partial charge is 0.186 e. The highest BCUT2D eigenvalue weighted by atomic mass is 16.5. The first-order valence-corrected chi connectivity index (χ1v) is 7.07. The highest BCUT2D eigenvalue weighted by Crippen LogP contribution is 2.29. The van der Waals surface area contributed by atoms with Crippen LogP contribution in [-0.4, -0.2) is 20.0 Å². The Kier molecular flexibility index (Phi) is 4.99. The van der Waals surface area contributed by atoms with E-state index in [1.165, 1.54) is 5.56 Å². The third kappa shape index (κ3) is 3.55. The van der Waals surface area contributed by atoms with Gasteiger partial charge in [-0.3, -0.25) is 4.79 Å². The van der Waals surface area contributed by atoms with Crippen molar-refractivity contribution in [3.05, 3.63) is 64.7 Å². The summed E-state index contributed by atoms with van der Waals surface area (Å²) in [5, 5.41) is 0. The normalized spacial score (nSPS) is 10.7. The van der Waals surface area contributed by atoms with E-state index in [1.54, 1.807) is 38.5 Å². The van der Waals surface area contributed by atoms with Gasteiger partial charge in [-0.15, -0.1) is 0 Å². The number of ketones is 1. The lowest BCUT2D eigenvalue weighted by Gasteiger charge is -2.11. The first-order chi connectivity index (χ1) is 10.5. The van der Waals surface area contributed by atoms with Crippen LogP contribution in [0.3, 0.4) is 0 Å². The van der Waals surface area contributed by atoms with E-state index < -0.39 is 0 Å². The van der Waals surface area contributed by atoms with Gasteiger partial charge >= 0.3 is 0 Å². The number of benzene rings is 2. The maximum atomic E-state index is 12.3. The second-order valence-electron chi connectivity index (χ2n) is 5.11. The minimum atomic E-state index is -0.0859. The van der Waals surface area contributed by atoms with Crippen LogP contribution in [0.5, 0.6) is 11.5 Å². The summed E-state index contributed by atoms with van der Waals surface area (Å²) < 4.78 is 10.6. The van der Waals surface area contributed by atoms with Gasteiger partial charge in [0, 0.05) is 11.1 Å². The van der Waals surface area contributed by atoms with Crippen molar-refractivity contribution < 1.29 is 14.3 Å². The van der Waals surface area contributed by atoms with Crippen molar-refractivity contribution in [1.29, 1.82) is 0 Å². The molecule has 0 amide bonds. The molecule has 0 radical (unpaired) electrons. The van der Waals surface area contributed by atoms with E-state index in [0.29, 0.717) is 17.1 Å². The Morgan fingerprint density at radius 2 is 1.50 bits per heavy atom. The van der Waals surface area contributed by atoms with E-state index in [4.69, 9.17) is 9.47 Å². The number of rotatable bonds is 5. The lowest BCUT2D eigenvalue weighted by atomic mass is 10.0. The maximum Gasteiger partial charge on any atom is 0.186 e. The van der Waals surface area contributed by atoms with Gasteiger partial charge in [0.1, 0.15) is 11.5 Å². The standard InChI is InChI=1S/C19H20O3/c1-13-5-7-15(8-6-13)9-10-17(20)16-11-18(21-3)14(2)19(12-16)22-4/h5-12H,1-4H3/b10-9+. The van der Waals surface area contributed by atoms with Crippen molar-refractivity contribution in [2.45, 2.75) is 13.8 Å². The van der Waals surface area contributed by atoms with Crippen LogP contribution in [0, 0.1) is 13.8 Å². The molecule has 0 heterocycles. The van der Waals surface area contributed by atoms with E-state index >= 15 is 0 Å². The fourth-order valence-corrected chi connectivity index (χ4v) is 2.17. The van der Waals surface area contributed by atoms with Crippen molar-refractivity contribution in [1.82, 2.24) is 0 Å². The van der Waals surface area contributed by atoms with Crippen molar-refractivity contribution in [2.24, 2.45) is 0 Å². The van der Waals surface area contributed by atoms with Crippen molar-refractivity contribution in [3.63, 3.8) is 0 Å². The number of hydrogen-bond donors (Lipinski definition) is 0. The quantitative estimate of drug-likeness (QED) is 0.612. The Labute approximate surface area is 131 Å². The summed E-state index contributed by atoms with van der Waals surface area (Å²) in [6.45, 7) is 3.93. The first-order valence-electron chi connectivity index (χ1n) is 7.07. The lowest BCUT2D eigenvalue weighted by molar-refractivity contribution is 0.104. The first kappa shape index (κ1) is 15.8. The van der Waals surface area contributed by atoms with Crippen LogP contribution in [0.25, 0.3) is 6.08 Å². The molecule has 2 rings (SSSR count). The number of methoxy groups -OCH3 is 2. The Morgan fingerprint density at radius 1 is 0.955 bits per heavy atom. The van der Waals surface area contributed by atoms with Crippen LogP contribution in [-0.2, 0) is 0 Å². The molecule has 3 heteroatoms. The van der Waals surface area contributed by atoms with Gasteiger partial charge in [-0.2, -0.15) is 0 Å². The molecule has 2 aromatic rings. The summed E-state index contributed by atoms with van der Waals surface area (Å²) in [6, 6.07) is 11.5. The zero-order chi connectivity index (χ0) is 16.1. The van der Waals surface area contributed by atoms with Gasteiger partial charge in [-0.1, -0.05) is 35.9 Å². The summed E-state index contributed by atoms with van der Waals surface area (Å²) in [6.07, 6.45) is 3.37. The number of carbonyl (C=O) groups excluding carboxylic acids is 1. The number of hydrogen-bond acceptors (Lipinski definition) is 3. The zero-order valence-corrected chi connectivity index (χ0v) is 13.3. The third-order valence-electron chi connectivity index (χ3n) is 3.54. The van der Waals surface area contributed by atoms with E-state index in [1.807, 2.05) is 38.1 Å². The fraction of sp³-hybridized carbons (Fsp3) is 0.211. The summed E-state index contributed by atoms with van der Waals surface area (Å²) in [4.78, 5) is 12.3. The van der Waals surface area contributed by atoms with Gasteiger partial charge in [0.05, 0.1) is 14.2 Å². The molecule has 0 atom stereocenters. The van der Waals surface area contributed by atoms with E-state index in [2.05, 4.69) is 0 Å². The minimum Gasteiger partial charge on any atom is -0.496 e. The zero-order valence-electron chi connectivity index (χ0n) is 13.3. The number of carbonyl (C=O) groups is 1. The summed E-state index contributed by atoms with van der Waals surface area (Å²) in [5.74, 6) is 1.20. The Bertz CT molecular complexity index is 672. The molecule has 0 aromatic heterocycles. The summed E-state index contributed by atoms with van der Waals surface area (Å²) in [5.41, 5.74) is 3.60. The van der Waals surface area contributed by atoms with Crippen LogP contribution in [0.4, 0.5) is 0 Å². The molecule has 0 aliphatic carbocycles. The molecule has 0 saturated heterocycles. The molecule has 0 aliphatic heterocycles. The predicted molar refractivity (Wildman–Crippen MR) is 88.8 cm³/mol. The second kappa shape index (κ2) is 6.94. The third-order valence-corrected chi connectivity index (χ3v) is 3.54. The Balaban J connectivity index is 2.27. The molecule has 3 nitrogen and oxygen atoms in total. The average molecular weight is 296 g/mol. The van der Waals surface area contributed by atoms with Crippen molar-refractivity contribution in [3.8, 4) is 11.5 Å². The molecule has 0 bridgehead atoms. The summed E-state index contributed by atoms with van der Waals surface area (Å²) in [7, 11) is 3.16. The van der Waals surface area contributed by atoms with Crippen LogP contribution in [0.1, 0.15) is 27.0 Å². The van der Waals surface area contributed by atoms with Crippen LogP contribution in [0.2, 0.25) is 0 Å². The van der Waals surface area contributed by atoms with Gasteiger partial charge in [-0.05, 0) is 37.6 Å². The highest BCUT2D eigenvalue weighted by molar-refractivity contribution is 6.07. The van der Waals surface area contributed by atoms with Crippen molar-refractivity contribution >= 4 is 11.9 Å². The molecule has 0 unspecified atom stereocenters. The molecular formula is C19H20O3. The van der Waals surface area contributed by atoms with Crippen LogP contribution < -0.4 is 9.47 Å². The van der Waals surface area contributed by atoms with E-state index in [-0.39, 0.29) is 5.78 Å². The van der Waals surface area contributed by atoms with E-state index in [0.717, 1.165) is 11.1 Å². The molecule has 114 valence electrons. The Hall–Kier alpha value is -2.55. The largest absolute Gasteiger partial charge is 0.496 e. The highest BCUT2D eigenvalue weighted by Gasteiger charge is 2.11. The fourth-order valence-electron chi connectivity index (χ4n) is 2.17. The topological polar surface area (TPSA) is 35.5 Å². The minimum absolute atomic E-state index is 0.0859. The molecular weight excluding hydrogens is 276 g/mol. The van der Waals surface area contributed by atoms with Crippen LogP contribution in [0.15, 0.2) is 42.5 Å². The second-order valence-corrected chi connectivity index (χ2v) is 5.11. The number of aryl methyl sites for hydroxylation is 1. The van der Waals surface area contributed by atoms with Gasteiger partial charge in [-0.25, -0.2) is 0 Å². The van der Waals surface area contributed by atoms with Gasteiger partial charge in [0.25, 0.3) is 0 Å². The van der Waals surface area contributed by atoms with E-state index in [9.17, 15) is 4.79 Å². The number of ether oxygens (including phenoxy) is 2. The molecule has 0 saturated carbocycles. The summed E-state index contributed by atoms with van der Waals surface area (Å²) >= 11 is 0. The maximum absolute atomic E-state index is 12.3. The van der Waals surface area contributed by atoms with Gasteiger partial charge in [0.15, 0.2) is 5.78 Å². The monoisotopic (exact) mass is 296 g/mol.